The van der Waals surface area contributed by atoms with Gasteiger partial charge in [0, 0.05) is 26.2 Å². The highest BCUT2D eigenvalue weighted by Crippen LogP contribution is 2.32. The van der Waals surface area contributed by atoms with E-state index >= 15 is 0 Å². The standard InChI is InChI=1S/C15H26N4O4/c1-14(2,3)23-13(21)17-12-18-15(16,9-11(20)19(12)4)10-5-7-22-8-6-10/h10H,5-9,16H2,1-4H3,(H,17,18,21)/t15-/m0/s1. The highest BCUT2D eigenvalue weighted by Gasteiger charge is 2.43. The summed E-state index contributed by atoms with van der Waals surface area (Å²) in [6.07, 6.45) is 0.952. The van der Waals surface area contributed by atoms with Gasteiger partial charge < -0.3 is 15.2 Å². The number of carbonyl (C=O) groups is 2. The van der Waals surface area contributed by atoms with E-state index in [1.807, 2.05) is 0 Å². The molecular weight excluding hydrogens is 300 g/mol. The maximum Gasteiger partial charge on any atom is 0.414 e. The molecule has 2 rings (SSSR count). The average Bonchev–Trinajstić information content (AvgIpc) is 2.43. The van der Waals surface area contributed by atoms with E-state index in [0.717, 1.165) is 12.8 Å². The van der Waals surface area contributed by atoms with E-state index in [1.165, 1.54) is 4.90 Å². The molecule has 8 heteroatoms. The van der Waals surface area contributed by atoms with E-state index in [2.05, 4.69) is 10.3 Å². The second-order valence-corrected chi connectivity index (χ2v) is 7.07. The highest BCUT2D eigenvalue weighted by molar-refractivity contribution is 6.04. The van der Waals surface area contributed by atoms with Crippen molar-refractivity contribution in [3.05, 3.63) is 0 Å². The summed E-state index contributed by atoms with van der Waals surface area (Å²) in [7, 11) is 1.56. The third kappa shape index (κ3) is 4.42. The fourth-order valence-corrected chi connectivity index (χ4v) is 2.73. The van der Waals surface area contributed by atoms with Crippen LogP contribution in [-0.4, -0.2) is 54.4 Å². The molecule has 0 radical (unpaired) electrons. The molecule has 0 aromatic heterocycles. The maximum absolute atomic E-state index is 12.3. The van der Waals surface area contributed by atoms with Gasteiger partial charge in [-0.1, -0.05) is 0 Å². The number of amides is 2. The van der Waals surface area contributed by atoms with E-state index in [1.54, 1.807) is 27.8 Å². The van der Waals surface area contributed by atoms with Crippen LogP contribution in [0.1, 0.15) is 40.0 Å². The summed E-state index contributed by atoms with van der Waals surface area (Å²) in [4.78, 5) is 30.0. The normalized spacial score (nSPS) is 26.7. The number of carbonyl (C=O) groups excluding carboxylic acids is 2. The van der Waals surface area contributed by atoms with Crippen LogP contribution in [0, 0.1) is 5.92 Å². The molecule has 23 heavy (non-hydrogen) atoms. The molecule has 2 aliphatic rings. The molecule has 1 fully saturated rings. The van der Waals surface area contributed by atoms with Gasteiger partial charge in [-0.05, 0) is 33.6 Å². The molecule has 0 aliphatic carbocycles. The van der Waals surface area contributed by atoms with Gasteiger partial charge in [-0.3, -0.25) is 15.0 Å². The number of nitrogens with zero attached hydrogens (tertiary/aromatic N) is 2. The smallest absolute Gasteiger partial charge is 0.414 e. The van der Waals surface area contributed by atoms with Crippen molar-refractivity contribution in [2.24, 2.45) is 16.6 Å². The van der Waals surface area contributed by atoms with Gasteiger partial charge in [-0.15, -0.1) is 0 Å². The van der Waals surface area contributed by atoms with E-state index in [9.17, 15) is 9.59 Å². The lowest BCUT2D eigenvalue weighted by atomic mass is 9.83. The minimum Gasteiger partial charge on any atom is -0.444 e. The summed E-state index contributed by atoms with van der Waals surface area (Å²) in [6, 6.07) is 0. The molecule has 2 heterocycles. The lowest BCUT2D eigenvalue weighted by molar-refractivity contribution is -0.129. The van der Waals surface area contributed by atoms with Crippen molar-refractivity contribution in [2.75, 3.05) is 20.3 Å². The summed E-state index contributed by atoms with van der Waals surface area (Å²) in [5.74, 6) is -0.00567. The summed E-state index contributed by atoms with van der Waals surface area (Å²) < 4.78 is 10.5. The Morgan fingerprint density at radius 2 is 2.04 bits per heavy atom. The van der Waals surface area contributed by atoms with Gasteiger partial charge in [0.25, 0.3) is 0 Å². The predicted octanol–water partition coefficient (Wildman–Crippen LogP) is 0.811. The number of nitrogens with two attached hydrogens (primary N) is 1. The molecule has 1 atom stereocenters. The monoisotopic (exact) mass is 326 g/mol. The topological polar surface area (TPSA) is 106 Å². The molecule has 0 saturated carbocycles. The number of ether oxygens (including phenoxy) is 2. The Morgan fingerprint density at radius 3 is 2.61 bits per heavy atom. The molecule has 130 valence electrons. The predicted molar refractivity (Wildman–Crippen MR) is 84.7 cm³/mol. The van der Waals surface area contributed by atoms with Crippen molar-refractivity contribution in [1.82, 2.24) is 10.2 Å². The molecule has 3 N–H and O–H groups in total. The van der Waals surface area contributed by atoms with E-state index in [4.69, 9.17) is 15.2 Å². The highest BCUT2D eigenvalue weighted by atomic mass is 16.6. The summed E-state index contributed by atoms with van der Waals surface area (Å²) in [5, 5.41) is 2.53. The van der Waals surface area contributed by atoms with Crippen LogP contribution in [0.4, 0.5) is 4.79 Å². The number of hydrogen-bond acceptors (Lipinski definition) is 6. The fraction of sp³-hybridized carbons (Fsp3) is 0.800. The molecule has 8 nitrogen and oxygen atoms in total. The van der Waals surface area contributed by atoms with Crippen LogP contribution in [0.5, 0.6) is 0 Å². The van der Waals surface area contributed by atoms with Gasteiger partial charge in [0.1, 0.15) is 11.3 Å². The van der Waals surface area contributed by atoms with Gasteiger partial charge in [0.15, 0.2) is 0 Å². The molecule has 2 aliphatic heterocycles. The summed E-state index contributed by atoms with van der Waals surface area (Å²) in [5.41, 5.74) is 4.74. The van der Waals surface area contributed by atoms with E-state index in [0.29, 0.717) is 13.2 Å². The van der Waals surface area contributed by atoms with Crippen molar-refractivity contribution >= 4 is 18.0 Å². The lowest BCUT2D eigenvalue weighted by Crippen LogP contribution is -2.59. The van der Waals surface area contributed by atoms with E-state index < -0.39 is 17.4 Å². The second-order valence-electron chi connectivity index (χ2n) is 7.07. The van der Waals surface area contributed by atoms with Gasteiger partial charge in [0.05, 0.1) is 6.42 Å². The van der Waals surface area contributed by atoms with Gasteiger partial charge in [-0.2, -0.15) is 0 Å². The van der Waals surface area contributed by atoms with Gasteiger partial charge in [-0.25, -0.2) is 9.79 Å². The number of guanidine groups is 1. The molecule has 0 aromatic rings. The zero-order chi connectivity index (χ0) is 17.3. The molecule has 0 bridgehead atoms. The summed E-state index contributed by atoms with van der Waals surface area (Å²) in [6.45, 7) is 6.51. The van der Waals surface area contributed by atoms with Crippen LogP contribution in [0.2, 0.25) is 0 Å². The molecule has 0 spiro atoms. The van der Waals surface area contributed by atoms with Crippen molar-refractivity contribution in [3.63, 3.8) is 0 Å². The maximum atomic E-state index is 12.3. The Bertz CT molecular complexity index is 508. The van der Waals surface area contributed by atoms with Crippen molar-refractivity contribution in [2.45, 2.75) is 51.3 Å². The molecule has 0 aromatic carbocycles. The van der Waals surface area contributed by atoms with Crippen LogP contribution < -0.4 is 11.1 Å². The number of rotatable bonds is 1. The minimum absolute atomic E-state index is 0.0457. The fourth-order valence-electron chi connectivity index (χ4n) is 2.73. The van der Waals surface area contributed by atoms with Crippen LogP contribution in [-0.2, 0) is 14.3 Å². The van der Waals surface area contributed by atoms with Gasteiger partial charge in [0.2, 0.25) is 11.9 Å². The Morgan fingerprint density at radius 1 is 1.43 bits per heavy atom. The summed E-state index contributed by atoms with van der Waals surface area (Å²) >= 11 is 0. The first-order valence-electron chi connectivity index (χ1n) is 7.84. The van der Waals surface area contributed by atoms with Gasteiger partial charge >= 0.3 is 6.09 Å². The molecule has 0 unspecified atom stereocenters. The number of alkyl carbamates (subject to hydrolysis) is 1. The molecule has 2 amide bonds. The first-order chi connectivity index (χ1) is 10.6. The second kappa shape index (κ2) is 6.45. The van der Waals surface area contributed by atoms with Crippen LogP contribution in [0.3, 0.4) is 0 Å². The first-order valence-corrected chi connectivity index (χ1v) is 7.84. The molecular formula is C15H26N4O4. The Labute approximate surface area is 136 Å². The van der Waals surface area contributed by atoms with E-state index in [-0.39, 0.29) is 24.2 Å². The number of aliphatic imine (C=N–C) groups is 1. The van der Waals surface area contributed by atoms with Crippen molar-refractivity contribution < 1.29 is 19.1 Å². The minimum atomic E-state index is -1.02. The zero-order valence-corrected chi connectivity index (χ0v) is 14.2. The van der Waals surface area contributed by atoms with Crippen molar-refractivity contribution in [1.29, 1.82) is 0 Å². The van der Waals surface area contributed by atoms with Crippen LogP contribution >= 0.6 is 0 Å². The third-order valence-electron chi connectivity index (χ3n) is 3.98. The number of nitrogens with one attached hydrogen (secondary N) is 1. The molecule has 1 saturated heterocycles. The quantitative estimate of drug-likeness (QED) is 0.741. The Kier molecular flexibility index (Phi) is 4.95. The Balaban J connectivity index is 2.17. The third-order valence-corrected chi connectivity index (χ3v) is 3.98. The SMILES string of the molecule is CN1C(=O)C[C@@](N)(C2CCOCC2)N=C1NC(=O)OC(C)(C)C. The Hall–Kier alpha value is -1.67. The van der Waals surface area contributed by atoms with Crippen molar-refractivity contribution in [3.8, 4) is 0 Å². The zero-order valence-electron chi connectivity index (χ0n) is 14.2. The average molecular weight is 326 g/mol. The first kappa shape index (κ1) is 17.7. The van der Waals surface area contributed by atoms with Crippen LogP contribution in [0.25, 0.3) is 0 Å². The number of hydrogen-bond donors (Lipinski definition) is 2. The van der Waals surface area contributed by atoms with Crippen LogP contribution in [0.15, 0.2) is 4.99 Å². The largest absolute Gasteiger partial charge is 0.444 e. The lowest BCUT2D eigenvalue weighted by Gasteiger charge is -2.40.